The van der Waals surface area contributed by atoms with Crippen LogP contribution in [0.4, 0.5) is 0 Å². The standard InChI is InChI=1S/C13H21N3O2/c1-3-16(8-10(2)13(14)15-18)9-11-4-6-12(17)7-5-11/h4-7,10,17-18H,3,8-9H2,1-2H3,(H2,14,15). The van der Waals surface area contributed by atoms with E-state index in [9.17, 15) is 5.11 Å². The Morgan fingerprint density at radius 3 is 2.50 bits per heavy atom. The Hall–Kier alpha value is -1.75. The summed E-state index contributed by atoms with van der Waals surface area (Å²) in [4.78, 5) is 2.20. The average molecular weight is 251 g/mol. The molecule has 0 bridgehead atoms. The van der Waals surface area contributed by atoms with Gasteiger partial charge in [0.15, 0.2) is 0 Å². The van der Waals surface area contributed by atoms with Gasteiger partial charge in [-0.15, -0.1) is 0 Å². The zero-order valence-corrected chi connectivity index (χ0v) is 10.9. The fraction of sp³-hybridized carbons (Fsp3) is 0.462. The van der Waals surface area contributed by atoms with Crippen molar-refractivity contribution >= 4 is 5.84 Å². The van der Waals surface area contributed by atoms with Gasteiger partial charge in [0.05, 0.1) is 0 Å². The Labute approximate surface area is 108 Å². The minimum atomic E-state index is 0.00654. The third-order valence-electron chi connectivity index (χ3n) is 2.94. The summed E-state index contributed by atoms with van der Waals surface area (Å²) < 4.78 is 0. The Morgan fingerprint density at radius 2 is 2.00 bits per heavy atom. The molecule has 18 heavy (non-hydrogen) atoms. The minimum Gasteiger partial charge on any atom is -0.508 e. The van der Waals surface area contributed by atoms with Crippen LogP contribution in [0.5, 0.6) is 5.75 Å². The van der Waals surface area contributed by atoms with E-state index >= 15 is 0 Å². The van der Waals surface area contributed by atoms with Crippen LogP contribution in [-0.4, -0.2) is 34.1 Å². The summed E-state index contributed by atoms with van der Waals surface area (Å²) in [5, 5.41) is 20.9. The lowest BCUT2D eigenvalue weighted by atomic mass is 10.1. The number of phenols is 1. The van der Waals surface area contributed by atoms with E-state index in [1.807, 2.05) is 19.1 Å². The number of phenolic OH excluding ortho intramolecular Hbond substituents is 1. The van der Waals surface area contributed by atoms with Gasteiger partial charge in [0, 0.05) is 19.0 Å². The van der Waals surface area contributed by atoms with Crippen molar-refractivity contribution in [3.05, 3.63) is 29.8 Å². The van der Waals surface area contributed by atoms with E-state index in [1.165, 1.54) is 0 Å². The van der Waals surface area contributed by atoms with E-state index in [1.54, 1.807) is 12.1 Å². The molecule has 0 aromatic heterocycles. The zero-order valence-electron chi connectivity index (χ0n) is 10.9. The third-order valence-corrected chi connectivity index (χ3v) is 2.94. The number of amidine groups is 1. The van der Waals surface area contributed by atoms with Crippen LogP contribution in [-0.2, 0) is 6.54 Å². The van der Waals surface area contributed by atoms with E-state index < -0.39 is 0 Å². The summed E-state index contributed by atoms with van der Waals surface area (Å²) >= 11 is 0. The van der Waals surface area contributed by atoms with E-state index in [0.29, 0.717) is 0 Å². The Morgan fingerprint density at radius 1 is 1.39 bits per heavy atom. The summed E-state index contributed by atoms with van der Waals surface area (Å²) in [6.07, 6.45) is 0. The fourth-order valence-electron chi connectivity index (χ4n) is 1.74. The van der Waals surface area contributed by atoms with E-state index in [-0.39, 0.29) is 17.5 Å². The molecule has 1 atom stereocenters. The number of hydrogen-bond acceptors (Lipinski definition) is 4. The molecule has 0 aliphatic rings. The Kier molecular flexibility index (Phi) is 5.45. The summed E-state index contributed by atoms with van der Waals surface area (Å²) in [6.45, 7) is 6.38. The van der Waals surface area contributed by atoms with Gasteiger partial charge >= 0.3 is 0 Å². The van der Waals surface area contributed by atoms with Gasteiger partial charge in [-0.2, -0.15) is 0 Å². The highest BCUT2D eigenvalue weighted by atomic mass is 16.4. The van der Waals surface area contributed by atoms with Gasteiger partial charge in [-0.25, -0.2) is 0 Å². The molecular weight excluding hydrogens is 230 g/mol. The molecule has 0 saturated carbocycles. The molecule has 1 rings (SSSR count). The van der Waals surface area contributed by atoms with Crippen LogP contribution in [0, 0.1) is 5.92 Å². The quantitative estimate of drug-likeness (QED) is 0.310. The molecule has 5 nitrogen and oxygen atoms in total. The lowest BCUT2D eigenvalue weighted by molar-refractivity contribution is 0.257. The molecular formula is C13H21N3O2. The molecule has 0 amide bonds. The van der Waals surface area contributed by atoms with Gasteiger partial charge in [0.25, 0.3) is 0 Å². The maximum Gasteiger partial charge on any atom is 0.143 e. The fourth-order valence-corrected chi connectivity index (χ4v) is 1.74. The van der Waals surface area contributed by atoms with Gasteiger partial charge in [-0.1, -0.05) is 31.1 Å². The highest BCUT2D eigenvalue weighted by Crippen LogP contribution is 2.12. The summed E-state index contributed by atoms with van der Waals surface area (Å²) in [5.41, 5.74) is 6.70. The second-order valence-electron chi connectivity index (χ2n) is 4.42. The summed E-state index contributed by atoms with van der Waals surface area (Å²) in [7, 11) is 0. The smallest absolute Gasteiger partial charge is 0.143 e. The monoisotopic (exact) mass is 251 g/mol. The first-order chi connectivity index (χ1) is 8.56. The van der Waals surface area contributed by atoms with Crippen molar-refractivity contribution in [2.45, 2.75) is 20.4 Å². The molecule has 1 unspecified atom stereocenters. The van der Waals surface area contributed by atoms with Crippen LogP contribution in [0.15, 0.2) is 29.4 Å². The predicted octanol–water partition coefficient (Wildman–Crippen LogP) is 1.60. The molecule has 100 valence electrons. The molecule has 1 aromatic rings. The van der Waals surface area contributed by atoms with Crippen molar-refractivity contribution in [2.24, 2.45) is 16.8 Å². The molecule has 0 aliphatic heterocycles. The van der Waals surface area contributed by atoms with Gasteiger partial charge in [-0.3, -0.25) is 4.90 Å². The molecule has 0 radical (unpaired) electrons. The minimum absolute atomic E-state index is 0.00654. The molecule has 0 heterocycles. The second-order valence-corrected chi connectivity index (χ2v) is 4.42. The third kappa shape index (κ3) is 4.25. The van der Waals surface area contributed by atoms with Gasteiger partial charge in [0.1, 0.15) is 11.6 Å². The number of nitrogens with two attached hydrogens (primary N) is 1. The van der Waals surface area contributed by atoms with Crippen molar-refractivity contribution < 1.29 is 10.3 Å². The number of aromatic hydroxyl groups is 1. The first-order valence-electron chi connectivity index (χ1n) is 6.04. The number of rotatable bonds is 6. The summed E-state index contributed by atoms with van der Waals surface area (Å²) in [5.74, 6) is 0.526. The molecule has 4 N–H and O–H groups in total. The molecule has 5 heteroatoms. The molecule has 0 aliphatic carbocycles. The van der Waals surface area contributed by atoms with Crippen LogP contribution in [0.1, 0.15) is 19.4 Å². The van der Waals surface area contributed by atoms with Gasteiger partial charge in [0.2, 0.25) is 0 Å². The molecule has 0 fully saturated rings. The van der Waals surface area contributed by atoms with Crippen molar-refractivity contribution in [3.8, 4) is 5.75 Å². The highest BCUT2D eigenvalue weighted by molar-refractivity contribution is 5.82. The van der Waals surface area contributed by atoms with E-state index in [0.717, 1.165) is 25.2 Å². The molecule has 0 spiro atoms. The van der Waals surface area contributed by atoms with Crippen molar-refractivity contribution in [1.29, 1.82) is 0 Å². The molecule has 0 saturated heterocycles. The normalized spacial score (nSPS) is 13.8. The lowest BCUT2D eigenvalue weighted by Crippen LogP contribution is -2.34. The predicted molar refractivity (Wildman–Crippen MR) is 71.6 cm³/mol. The first-order valence-corrected chi connectivity index (χ1v) is 6.04. The maximum atomic E-state index is 9.22. The lowest BCUT2D eigenvalue weighted by Gasteiger charge is -2.23. The average Bonchev–Trinajstić information content (AvgIpc) is 2.39. The summed E-state index contributed by atoms with van der Waals surface area (Å²) in [6, 6.07) is 7.14. The Bertz CT molecular complexity index is 390. The number of oxime groups is 1. The number of hydrogen-bond donors (Lipinski definition) is 3. The first kappa shape index (κ1) is 14.3. The second kappa shape index (κ2) is 6.86. The Balaban J connectivity index is 2.59. The number of nitrogens with zero attached hydrogens (tertiary/aromatic N) is 2. The SMILES string of the molecule is CCN(Cc1ccc(O)cc1)CC(C)C(N)=NO. The van der Waals surface area contributed by atoms with Gasteiger partial charge < -0.3 is 16.0 Å². The van der Waals surface area contributed by atoms with Crippen LogP contribution in [0.3, 0.4) is 0 Å². The van der Waals surface area contributed by atoms with Crippen molar-refractivity contribution in [1.82, 2.24) is 4.90 Å². The highest BCUT2D eigenvalue weighted by Gasteiger charge is 2.12. The zero-order chi connectivity index (χ0) is 13.5. The van der Waals surface area contributed by atoms with Crippen molar-refractivity contribution in [2.75, 3.05) is 13.1 Å². The van der Waals surface area contributed by atoms with Crippen LogP contribution in [0.2, 0.25) is 0 Å². The van der Waals surface area contributed by atoms with Crippen LogP contribution < -0.4 is 5.73 Å². The maximum absolute atomic E-state index is 9.22. The van der Waals surface area contributed by atoms with E-state index in [2.05, 4.69) is 17.0 Å². The number of benzene rings is 1. The largest absolute Gasteiger partial charge is 0.508 e. The molecule has 1 aromatic carbocycles. The topological polar surface area (TPSA) is 82.1 Å². The van der Waals surface area contributed by atoms with Crippen LogP contribution >= 0.6 is 0 Å². The van der Waals surface area contributed by atoms with Crippen molar-refractivity contribution in [3.63, 3.8) is 0 Å². The van der Waals surface area contributed by atoms with Crippen LogP contribution in [0.25, 0.3) is 0 Å². The van der Waals surface area contributed by atoms with Gasteiger partial charge in [-0.05, 0) is 24.2 Å². The van der Waals surface area contributed by atoms with E-state index in [4.69, 9.17) is 10.9 Å².